The van der Waals surface area contributed by atoms with Crippen LogP contribution in [-0.4, -0.2) is 73.4 Å². The van der Waals surface area contributed by atoms with E-state index in [4.69, 9.17) is 9.05 Å². The first kappa shape index (κ1) is 60.2. The summed E-state index contributed by atoms with van der Waals surface area (Å²) in [6.07, 6.45) is 52.9. The molecule has 0 heterocycles. The van der Waals surface area contributed by atoms with Gasteiger partial charge in [0.05, 0.1) is 39.9 Å². The Morgan fingerprint density at radius 1 is 0.541 bits per heavy atom. The van der Waals surface area contributed by atoms with Gasteiger partial charge in [-0.25, -0.2) is 4.57 Å². The van der Waals surface area contributed by atoms with E-state index in [1.54, 1.807) is 6.08 Å². The quantitative estimate of drug-likeness (QED) is 0.0243. The van der Waals surface area contributed by atoms with Crippen LogP contribution in [-0.2, 0) is 18.4 Å². The van der Waals surface area contributed by atoms with Crippen LogP contribution in [0, 0.1) is 0 Å². The lowest BCUT2D eigenvalue weighted by molar-refractivity contribution is -0.870. The molecule has 8 nitrogen and oxygen atoms in total. The zero-order valence-electron chi connectivity index (χ0n) is 41.4. The molecule has 0 saturated carbocycles. The number of phosphoric acid groups is 1. The number of hydrogen-bond donors (Lipinski definition) is 3. The number of aliphatic hydroxyl groups excluding tert-OH is 1. The van der Waals surface area contributed by atoms with Gasteiger partial charge in [0.1, 0.15) is 13.2 Å². The number of carbonyl (C=O) groups is 1. The van der Waals surface area contributed by atoms with Crippen LogP contribution in [0.4, 0.5) is 0 Å². The van der Waals surface area contributed by atoms with Crippen molar-refractivity contribution >= 4 is 13.7 Å². The second-order valence-corrected chi connectivity index (χ2v) is 21.1. The van der Waals surface area contributed by atoms with Gasteiger partial charge in [-0.1, -0.05) is 251 Å². The summed E-state index contributed by atoms with van der Waals surface area (Å²) in [4.78, 5) is 23.2. The number of hydrogen-bond acceptors (Lipinski definition) is 5. The molecule has 0 spiro atoms. The molecule has 0 fully saturated rings. The molecule has 3 N–H and O–H groups in total. The molecule has 0 aliphatic heterocycles. The van der Waals surface area contributed by atoms with Gasteiger partial charge in [0.2, 0.25) is 5.91 Å². The number of likely N-dealkylation sites (N-methyl/N-ethyl adjacent to an activating group) is 1. The van der Waals surface area contributed by atoms with Crippen molar-refractivity contribution in [2.45, 2.75) is 276 Å². The van der Waals surface area contributed by atoms with Crippen molar-refractivity contribution in [3.63, 3.8) is 0 Å². The van der Waals surface area contributed by atoms with E-state index in [2.05, 4.69) is 19.2 Å². The highest BCUT2D eigenvalue weighted by molar-refractivity contribution is 7.47. The molecule has 0 aromatic heterocycles. The number of nitrogens with zero attached hydrogens (tertiary/aromatic N) is 1. The fourth-order valence-electron chi connectivity index (χ4n) is 8.04. The van der Waals surface area contributed by atoms with Gasteiger partial charge in [-0.2, -0.15) is 0 Å². The van der Waals surface area contributed by atoms with Crippen molar-refractivity contribution in [3.05, 3.63) is 12.2 Å². The first-order chi connectivity index (χ1) is 29.5. The van der Waals surface area contributed by atoms with Crippen LogP contribution in [0.25, 0.3) is 0 Å². The molecule has 0 aromatic rings. The van der Waals surface area contributed by atoms with Gasteiger partial charge >= 0.3 is 7.82 Å². The van der Waals surface area contributed by atoms with Gasteiger partial charge in [0.25, 0.3) is 0 Å². The van der Waals surface area contributed by atoms with Gasteiger partial charge in [0.15, 0.2) is 0 Å². The highest BCUT2D eigenvalue weighted by atomic mass is 31.2. The van der Waals surface area contributed by atoms with Gasteiger partial charge in [0, 0.05) is 6.42 Å². The Bertz CT molecular complexity index is 1000. The van der Waals surface area contributed by atoms with Crippen molar-refractivity contribution in [1.29, 1.82) is 0 Å². The van der Waals surface area contributed by atoms with E-state index >= 15 is 0 Å². The molecule has 0 saturated heterocycles. The number of nitrogens with one attached hydrogen (secondary N) is 1. The average Bonchev–Trinajstić information content (AvgIpc) is 3.21. The molecule has 3 atom stereocenters. The lowest BCUT2D eigenvalue weighted by Crippen LogP contribution is -2.45. The molecule has 0 radical (unpaired) electrons. The van der Waals surface area contributed by atoms with Gasteiger partial charge in [-0.05, 0) is 19.3 Å². The molecule has 61 heavy (non-hydrogen) atoms. The van der Waals surface area contributed by atoms with Crippen molar-refractivity contribution in [1.82, 2.24) is 5.32 Å². The van der Waals surface area contributed by atoms with Gasteiger partial charge in [-0.3, -0.25) is 13.8 Å². The van der Waals surface area contributed by atoms with E-state index in [1.165, 1.54) is 212 Å². The summed E-state index contributed by atoms with van der Waals surface area (Å²) >= 11 is 0. The van der Waals surface area contributed by atoms with Crippen LogP contribution in [0.3, 0.4) is 0 Å². The maximum absolute atomic E-state index is 12.9. The zero-order chi connectivity index (χ0) is 45.0. The summed E-state index contributed by atoms with van der Waals surface area (Å²) in [5.41, 5.74) is 0. The van der Waals surface area contributed by atoms with E-state index in [-0.39, 0.29) is 19.1 Å². The molecule has 364 valence electrons. The molecule has 0 bridgehead atoms. The molecule has 0 aliphatic carbocycles. The third kappa shape index (κ3) is 47.0. The number of allylic oxidation sites excluding steroid dienone is 1. The number of carbonyl (C=O) groups excluding carboxylic acids is 1. The Labute approximate surface area is 380 Å². The molecular formula is C52H106N2O6P+. The van der Waals surface area contributed by atoms with Crippen LogP contribution in [0.15, 0.2) is 12.2 Å². The second-order valence-electron chi connectivity index (χ2n) is 19.6. The highest BCUT2D eigenvalue weighted by Crippen LogP contribution is 2.43. The maximum atomic E-state index is 12.9. The van der Waals surface area contributed by atoms with Crippen LogP contribution < -0.4 is 5.32 Å². The number of phosphoric ester groups is 1. The fraction of sp³-hybridized carbons (Fsp3) is 0.942. The average molecular weight is 886 g/mol. The van der Waals surface area contributed by atoms with E-state index in [0.29, 0.717) is 17.4 Å². The summed E-state index contributed by atoms with van der Waals surface area (Å²) in [6, 6.07) is -0.841. The number of rotatable bonds is 49. The third-order valence-electron chi connectivity index (χ3n) is 12.3. The SMILES string of the molecule is CCCCCCCCCCCCCCCCCCCCCCC/C=C/C(O)C(COP(=O)(O)OCC[N+](C)(C)C)NC(=O)CCCCCCCCCCCCCCCCCC. The first-order valence-corrected chi connectivity index (χ1v) is 28.1. The number of aliphatic hydroxyl groups is 1. The summed E-state index contributed by atoms with van der Waals surface area (Å²) < 4.78 is 23.7. The lowest BCUT2D eigenvalue weighted by Gasteiger charge is -2.25. The summed E-state index contributed by atoms with van der Waals surface area (Å²) in [6.45, 7) is 4.85. The van der Waals surface area contributed by atoms with Crippen LogP contribution in [0.5, 0.6) is 0 Å². The van der Waals surface area contributed by atoms with Crippen LogP contribution >= 0.6 is 7.82 Å². The van der Waals surface area contributed by atoms with E-state index < -0.39 is 20.0 Å². The predicted octanol–water partition coefficient (Wildman–Crippen LogP) is 15.5. The largest absolute Gasteiger partial charge is 0.472 e. The number of quaternary nitrogens is 1. The molecule has 0 aromatic carbocycles. The predicted molar refractivity (Wildman–Crippen MR) is 263 cm³/mol. The molecule has 3 unspecified atom stereocenters. The van der Waals surface area contributed by atoms with E-state index in [1.807, 2.05) is 27.2 Å². The van der Waals surface area contributed by atoms with Crippen molar-refractivity contribution < 1.29 is 32.9 Å². The fourth-order valence-corrected chi connectivity index (χ4v) is 8.78. The standard InChI is InChI=1S/C52H105N2O6P/c1-6-8-10-12-14-16-18-20-22-24-25-26-27-28-29-30-31-33-35-37-39-41-43-45-51(55)50(49-60-61(57,58)59-48-47-54(3,4)5)53-52(56)46-44-42-40-38-36-34-32-23-21-19-17-15-13-11-9-7-2/h43,45,50-51,55H,6-42,44,46-49H2,1-5H3,(H-,53,56,57,58)/p+1/b45-43+. The zero-order valence-corrected chi connectivity index (χ0v) is 42.3. The Morgan fingerprint density at radius 3 is 1.21 bits per heavy atom. The molecule has 0 rings (SSSR count). The second kappa shape index (κ2) is 44.4. The molecule has 0 aliphatic rings. The minimum absolute atomic E-state index is 0.0650. The van der Waals surface area contributed by atoms with Crippen LogP contribution in [0.1, 0.15) is 264 Å². The van der Waals surface area contributed by atoms with Crippen molar-refractivity contribution in [2.75, 3.05) is 40.9 Å². The molecule has 9 heteroatoms. The molecule has 1 amide bonds. The minimum Gasteiger partial charge on any atom is -0.387 e. The van der Waals surface area contributed by atoms with E-state index in [0.717, 1.165) is 32.1 Å². The van der Waals surface area contributed by atoms with Gasteiger partial charge < -0.3 is 19.8 Å². The third-order valence-corrected chi connectivity index (χ3v) is 13.2. The van der Waals surface area contributed by atoms with Gasteiger partial charge in [-0.15, -0.1) is 0 Å². The molecular weight excluding hydrogens is 780 g/mol. The summed E-state index contributed by atoms with van der Waals surface area (Å²) in [5, 5.41) is 13.9. The van der Waals surface area contributed by atoms with Crippen LogP contribution in [0.2, 0.25) is 0 Å². The Morgan fingerprint density at radius 2 is 0.869 bits per heavy atom. The number of unbranched alkanes of at least 4 members (excludes halogenated alkanes) is 36. The topological polar surface area (TPSA) is 105 Å². The Kier molecular flexibility index (Phi) is 43.9. The number of amides is 1. The van der Waals surface area contributed by atoms with E-state index in [9.17, 15) is 19.4 Å². The first-order valence-electron chi connectivity index (χ1n) is 26.6. The smallest absolute Gasteiger partial charge is 0.387 e. The normalized spacial score (nSPS) is 14.1. The Balaban J connectivity index is 4.24. The summed E-state index contributed by atoms with van der Waals surface area (Å²) in [7, 11) is 1.59. The Hall–Kier alpha value is -0.760. The lowest BCUT2D eigenvalue weighted by atomic mass is 10.0. The highest BCUT2D eigenvalue weighted by Gasteiger charge is 2.27. The monoisotopic (exact) mass is 886 g/mol. The minimum atomic E-state index is -4.34. The summed E-state index contributed by atoms with van der Waals surface area (Å²) in [5.74, 6) is -0.172. The van der Waals surface area contributed by atoms with Crippen molar-refractivity contribution in [2.24, 2.45) is 0 Å². The van der Waals surface area contributed by atoms with Crippen molar-refractivity contribution in [3.8, 4) is 0 Å². The maximum Gasteiger partial charge on any atom is 0.472 e.